The third kappa shape index (κ3) is 5.45. The van der Waals surface area contributed by atoms with Gasteiger partial charge in [-0.05, 0) is 108 Å². The van der Waals surface area contributed by atoms with Crippen molar-refractivity contribution in [2.75, 3.05) is 28.4 Å². The number of hydrogen-bond donors (Lipinski definition) is 0. The molecule has 1 aliphatic carbocycles. The molecule has 0 saturated carbocycles. The maximum atomic E-state index is 5.57. The second-order valence-electron chi connectivity index (χ2n) is 13.0. The van der Waals surface area contributed by atoms with Crippen LogP contribution in [0.1, 0.15) is 11.1 Å². The average Bonchev–Trinajstić information content (AvgIpc) is 3.56. The van der Waals surface area contributed by atoms with E-state index < -0.39 is 16.1 Å². The molecule has 0 N–H and O–H groups in total. The van der Waals surface area contributed by atoms with Crippen LogP contribution >= 0.6 is 0 Å². The molecule has 0 unspecified atom stereocenters. The van der Waals surface area contributed by atoms with Gasteiger partial charge in [-0.15, -0.1) is 0 Å². The first-order valence-corrected chi connectivity index (χ1v) is 21.7. The number of rotatable bonds is 10. The molecule has 6 aromatic rings. The summed E-state index contributed by atoms with van der Waals surface area (Å²) in [4.78, 5) is 0. The molecule has 0 bridgehead atoms. The fourth-order valence-corrected chi connectivity index (χ4v) is 15.6. The molecule has 1 aliphatic rings. The predicted molar refractivity (Wildman–Crippen MR) is 208 cm³/mol. The highest BCUT2D eigenvalue weighted by Gasteiger charge is 2.41. The van der Waals surface area contributed by atoms with Gasteiger partial charge in [0.1, 0.15) is 39.1 Å². The topological polar surface area (TPSA) is 36.9 Å². The van der Waals surface area contributed by atoms with Crippen molar-refractivity contribution < 1.29 is 18.9 Å². The Morgan fingerprint density at radius 3 is 0.878 bits per heavy atom. The molecular formula is C43H42O4Si2. The third-order valence-electron chi connectivity index (χ3n) is 10.7. The summed E-state index contributed by atoms with van der Waals surface area (Å²) < 4.78 is 22.3. The summed E-state index contributed by atoms with van der Waals surface area (Å²) in [7, 11) is 1.93. The Morgan fingerprint density at radius 1 is 0.367 bits per heavy atom. The minimum atomic E-state index is -2.48. The van der Waals surface area contributed by atoms with Gasteiger partial charge in [0.25, 0.3) is 0 Å². The first-order valence-electron chi connectivity index (χ1n) is 16.7. The molecule has 6 aromatic carbocycles. The van der Waals surface area contributed by atoms with Crippen molar-refractivity contribution in [3.63, 3.8) is 0 Å². The quantitative estimate of drug-likeness (QED) is 0.142. The summed E-state index contributed by atoms with van der Waals surface area (Å²) in [6, 6.07) is 48.8. The van der Waals surface area contributed by atoms with Gasteiger partial charge in [0, 0.05) is 0 Å². The Balaban J connectivity index is 1.42. The zero-order valence-electron chi connectivity index (χ0n) is 29.0. The van der Waals surface area contributed by atoms with Crippen LogP contribution in [-0.2, 0) is 6.42 Å². The molecule has 0 aromatic heterocycles. The minimum absolute atomic E-state index is 0.867. The molecule has 246 valence electrons. The Hall–Kier alpha value is -5.05. The van der Waals surface area contributed by atoms with E-state index in [0.29, 0.717) is 0 Å². The van der Waals surface area contributed by atoms with E-state index in [1.54, 1.807) is 28.4 Å². The smallest absolute Gasteiger partial charge is 0.145 e. The Morgan fingerprint density at radius 2 is 0.633 bits per heavy atom. The van der Waals surface area contributed by atoms with Crippen LogP contribution in [0.15, 0.2) is 133 Å². The highest BCUT2D eigenvalue weighted by Crippen LogP contribution is 2.37. The van der Waals surface area contributed by atoms with Crippen molar-refractivity contribution >= 4 is 47.3 Å². The zero-order valence-corrected chi connectivity index (χ0v) is 31.0. The third-order valence-corrected chi connectivity index (χ3v) is 19.8. The molecule has 0 spiro atoms. The number of ether oxygens (including phenoxy) is 4. The molecule has 0 saturated heterocycles. The first-order chi connectivity index (χ1) is 23.8. The second-order valence-corrected chi connectivity index (χ2v) is 20.9. The van der Waals surface area contributed by atoms with E-state index >= 15 is 0 Å². The first kappa shape index (κ1) is 32.5. The lowest BCUT2D eigenvalue weighted by atomic mass is 10.1. The molecule has 49 heavy (non-hydrogen) atoms. The molecular weight excluding hydrogens is 637 g/mol. The molecule has 0 amide bonds. The molecule has 0 radical (unpaired) electrons. The highest BCUT2D eigenvalue weighted by molar-refractivity contribution is 7.11. The Kier molecular flexibility index (Phi) is 8.69. The molecule has 0 heterocycles. The fourth-order valence-electron chi connectivity index (χ4n) is 7.83. The summed E-state index contributed by atoms with van der Waals surface area (Å²) in [6.07, 6.45) is 0.890. The van der Waals surface area contributed by atoms with Gasteiger partial charge in [0.2, 0.25) is 0 Å². The van der Waals surface area contributed by atoms with Gasteiger partial charge < -0.3 is 18.9 Å². The van der Waals surface area contributed by atoms with Gasteiger partial charge in [-0.25, -0.2) is 0 Å². The van der Waals surface area contributed by atoms with Crippen LogP contribution in [-0.4, -0.2) is 44.6 Å². The molecule has 7 rings (SSSR count). The summed E-state index contributed by atoms with van der Waals surface area (Å²) in [6.45, 7) is 4.98. The summed E-state index contributed by atoms with van der Waals surface area (Å²) in [5, 5.41) is 8.27. The number of fused-ring (bicyclic) bond motifs is 3. The molecule has 0 aliphatic heterocycles. The molecule has 4 nitrogen and oxygen atoms in total. The van der Waals surface area contributed by atoms with E-state index in [4.69, 9.17) is 18.9 Å². The SMILES string of the molecule is COc1ccc([Si](C)(c2ccc(OC)cc2)c2cccc3c2Cc2c-3cccc2[Si](C)(c2ccc(OC)cc2)c2ccc(OC)cc2)cc1. The normalized spacial score (nSPS) is 12.2. The second kappa shape index (κ2) is 13.1. The van der Waals surface area contributed by atoms with E-state index in [1.807, 2.05) is 0 Å². The Labute approximate surface area is 291 Å². The van der Waals surface area contributed by atoms with Gasteiger partial charge in [-0.2, -0.15) is 0 Å². The van der Waals surface area contributed by atoms with Crippen LogP contribution in [0.3, 0.4) is 0 Å². The maximum absolute atomic E-state index is 5.57. The van der Waals surface area contributed by atoms with Crippen LogP contribution in [0, 0.1) is 0 Å². The van der Waals surface area contributed by atoms with Gasteiger partial charge in [0.05, 0.1) is 28.4 Å². The van der Waals surface area contributed by atoms with E-state index in [1.165, 1.54) is 53.4 Å². The number of methoxy groups -OCH3 is 4. The van der Waals surface area contributed by atoms with Crippen molar-refractivity contribution in [3.05, 3.63) is 145 Å². The van der Waals surface area contributed by atoms with E-state index in [2.05, 4.69) is 147 Å². The number of benzene rings is 6. The number of hydrogen-bond acceptors (Lipinski definition) is 4. The highest BCUT2D eigenvalue weighted by atomic mass is 28.3. The van der Waals surface area contributed by atoms with E-state index in [-0.39, 0.29) is 0 Å². The van der Waals surface area contributed by atoms with Crippen molar-refractivity contribution in [1.29, 1.82) is 0 Å². The maximum Gasteiger partial charge on any atom is 0.145 e. The van der Waals surface area contributed by atoms with Crippen LogP contribution in [0.25, 0.3) is 11.1 Å². The van der Waals surface area contributed by atoms with Crippen LogP contribution < -0.4 is 50.1 Å². The van der Waals surface area contributed by atoms with Crippen LogP contribution in [0.4, 0.5) is 0 Å². The predicted octanol–water partition coefficient (Wildman–Crippen LogP) is 5.49. The van der Waals surface area contributed by atoms with Crippen molar-refractivity contribution in [2.24, 2.45) is 0 Å². The lowest BCUT2D eigenvalue weighted by molar-refractivity contribution is 0.415. The Bertz CT molecular complexity index is 1840. The lowest BCUT2D eigenvalue weighted by Gasteiger charge is -2.32. The summed E-state index contributed by atoms with van der Waals surface area (Å²) in [5.74, 6) is 3.47. The molecule has 0 atom stereocenters. The van der Waals surface area contributed by atoms with Crippen molar-refractivity contribution in [2.45, 2.75) is 19.5 Å². The summed E-state index contributed by atoms with van der Waals surface area (Å²) >= 11 is 0. The molecule has 0 fully saturated rings. The largest absolute Gasteiger partial charge is 0.497 e. The van der Waals surface area contributed by atoms with Gasteiger partial charge in [-0.3, -0.25) is 0 Å². The van der Waals surface area contributed by atoms with E-state index in [0.717, 1.165) is 29.4 Å². The standard InChI is InChI=1S/C43H42O4Si2/c1-44-30-13-21-34(22-14-30)48(5,35-23-15-31(45-2)16-24-35)42-11-7-9-38-39-10-8-12-43(41(39)29-40(38)42)49(6,36-25-17-32(46-3)18-26-36)37-27-19-33(47-4)20-28-37/h7-28H,29H2,1-6H3. The molecule has 6 heteroatoms. The monoisotopic (exact) mass is 678 g/mol. The van der Waals surface area contributed by atoms with Crippen LogP contribution in [0.2, 0.25) is 13.1 Å². The van der Waals surface area contributed by atoms with Crippen molar-refractivity contribution in [1.82, 2.24) is 0 Å². The average molecular weight is 679 g/mol. The summed E-state index contributed by atoms with van der Waals surface area (Å²) in [5.41, 5.74) is 5.56. The van der Waals surface area contributed by atoms with Gasteiger partial charge in [-0.1, -0.05) is 98.0 Å². The van der Waals surface area contributed by atoms with Crippen molar-refractivity contribution in [3.8, 4) is 34.1 Å². The van der Waals surface area contributed by atoms with Gasteiger partial charge >= 0.3 is 0 Å². The van der Waals surface area contributed by atoms with E-state index in [9.17, 15) is 0 Å². The zero-order chi connectivity index (χ0) is 34.2. The lowest BCUT2D eigenvalue weighted by Crippen LogP contribution is -2.66. The minimum Gasteiger partial charge on any atom is -0.497 e. The van der Waals surface area contributed by atoms with Crippen LogP contribution in [0.5, 0.6) is 23.0 Å². The fraction of sp³-hybridized carbons (Fsp3) is 0.163. The van der Waals surface area contributed by atoms with Gasteiger partial charge in [0.15, 0.2) is 0 Å².